The second kappa shape index (κ2) is 4.52. The molecule has 0 aliphatic carbocycles. The van der Waals surface area contributed by atoms with Crippen molar-refractivity contribution in [2.75, 3.05) is 11.4 Å². The van der Waals surface area contributed by atoms with Gasteiger partial charge in [0.05, 0.1) is 0 Å². The number of hydrogen-bond donors (Lipinski definition) is 1. The van der Waals surface area contributed by atoms with Gasteiger partial charge in [-0.3, -0.25) is 9.69 Å². The second-order valence-corrected chi connectivity index (χ2v) is 3.92. The molecule has 0 spiro atoms. The molecule has 0 saturated carbocycles. The van der Waals surface area contributed by atoms with Crippen LogP contribution in [0.3, 0.4) is 0 Å². The molecule has 0 atom stereocenters. The summed E-state index contributed by atoms with van der Waals surface area (Å²) in [4.78, 5) is 25.1. The Morgan fingerprint density at radius 1 is 1.50 bits per heavy atom. The topological polar surface area (TPSA) is 62.6 Å². The first-order valence-corrected chi connectivity index (χ1v) is 5.64. The normalized spacial score (nSPS) is 14.2. The molecule has 0 aromatic carbocycles. The molecule has 1 N–H and O–H groups in total. The first kappa shape index (κ1) is 12.2. The van der Waals surface area contributed by atoms with Crippen molar-refractivity contribution in [3.05, 3.63) is 52.7 Å². The lowest BCUT2D eigenvalue weighted by atomic mass is 10.1. The highest BCUT2D eigenvalue weighted by molar-refractivity contribution is 6.03. The Labute approximate surface area is 104 Å². The Hall–Kier alpha value is -2.30. The Balaban J connectivity index is 2.69. The number of amides is 1. The van der Waals surface area contributed by atoms with Gasteiger partial charge >= 0.3 is 5.63 Å². The molecule has 0 radical (unpaired) electrons. The van der Waals surface area contributed by atoms with Crippen LogP contribution in [0.4, 0.5) is 5.88 Å². The van der Waals surface area contributed by atoms with Crippen LogP contribution in [-0.4, -0.2) is 12.5 Å². The molecular weight excluding hydrogens is 232 g/mol. The van der Waals surface area contributed by atoms with Crippen LogP contribution in [0.2, 0.25) is 0 Å². The fourth-order valence-corrected chi connectivity index (χ4v) is 1.95. The average Bonchev–Trinajstić information content (AvgIpc) is 2.32. The second-order valence-electron chi connectivity index (χ2n) is 3.92. The van der Waals surface area contributed by atoms with E-state index in [1.807, 2.05) is 6.92 Å². The van der Waals surface area contributed by atoms with Crippen molar-refractivity contribution in [3.8, 4) is 0 Å². The third-order valence-corrected chi connectivity index (χ3v) is 2.77. The van der Waals surface area contributed by atoms with Gasteiger partial charge in [0.15, 0.2) is 0 Å². The van der Waals surface area contributed by atoms with E-state index in [9.17, 15) is 9.59 Å². The summed E-state index contributed by atoms with van der Waals surface area (Å²) >= 11 is 0. The number of aryl methyl sites for hydroxylation is 1. The summed E-state index contributed by atoms with van der Waals surface area (Å²) in [6.45, 7) is 9.65. The summed E-state index contributed by atoms with van der Waals surface area (Å²) in [7, 11) is 0. The molecule has 2 rings (SSSR count). The van der Waals surface area contributed by atoms with E-state index in [0.29, 0.717) is 29.9 Å². The molecule has 0 saturated heterocycles. The van der Waals surface area contributed by atoms with Crippen molar-refractivity contribution in [1.82, 2.24) is 5.32 Å². The SMILES string of the molecule is C=CCN1C(=C)NC(=O)c2c(CC)cc(=O)oc21. The molecule has 1 aromatic heterocycles. The minimum atomic E-state index is -0.470. The Morgan fingerprint density at radius 2 is 2.22 bits per heavy atom. The summed E-state index contributed by atoms with van der Waals surface area (Å²) < 4.78 is 5.15. The minimum absolute atomic E-state index is 0.244. The first-order chi connectivity index (χ1) is 8.58. The summed E-state index contributed by atoms with van der Waals surface area (Å²) in [6.07, 6.45) is 2.22. The third-order valence-electron chi connectivity index (χ3n) is 2.77. The fourth-order valence-electron chi connectivity index (χ4n) is 1.95. The van der Waals surface area contributed by atoms with Crippen LogP contribution in [0.25, 0.3) is 0 Å². The molecular formula is C13H14N2O3. The van der Waals surface area contributed by atoms with Gasteiger partial charge in [-0.05, 0) is 12.0 Å². The number of carbonyl (C=O) groups excluding carboxylic acids is 1. The van der Waals surface area contributed by atoms with Crippen LogP contribution in [0.15, 0.2) is 40.3 Å². The average molecular weight is 246 g/mol. The third kappa shape index (κ3) is 1.84. The lowest BCUT2D eigenvalue weighted by molar-refractivity contribution is 0.0956. The van der Waals surface area contributed by atoms with E-state index in [-0.39, 0.29) is 11.8 Å². The Kier molecular flexibility index (Phi) is 3.06. The number of nitrogens with one attached hydrogen (secondary N) is 1. The van der Waals surface area contributed by atoms with Gasteiger partial charge in [-0.15, -0.1) is 6.58 Å². The Bertz CT molecular complexity index is 586. The van der Waals surface area contributed by atoms with Gasteiger partial charge in [-0.25, -0.2) is 4.79 Å². The lowest BCUT2D eigenvalue weighted by Crippen LogP contribution is -2.42. The van der Waals surface area contributed by atoms with Crippen LogP contribution in [0.5, 0.6) is 0 Å². The van der Waals surface area contributed by atoms with Gasteiger partial charge in [0, 0.05) is 12.6 Å². The van der Waals surface area contributed by atoms with E-state index >= 15 is 0 Å². The minimum Gasteiger partial charge on any atom is -0.405 e. The van der Waals surface area contributed by atoms with Gasteiger partial charge in [0.25, 0.3) is 5.91 Å². The van der Waals surface area contributed by atoms with Gasteiger partial charge in [0.1, 0.15) is 11.4 Å². The number of hydrogen-bond acceptors (Lipinski definition) is 4. The maximum Gasteiger partial charge on any atom is 0.337 e. The van der Waals surface area contributed by atoms with Crippen molar-refractivity contribution in [3.63, 3.8) is 0 Å². The molecule has 2 heterocycles. The van der Waals surface area contributed by atoms with Gasteiger partial charge < -0.3 is 9.73 Å². The van der Waals surface area contributed by atoms with Crippen LogP contribution in [0.1, 0.15) is 22.8 Å². The quantitative estimate of drug-likeness (QED) is 0.819. The van der Waals surface area contributed by atoms with E-state index in [4.69, 9.17) is 4.42 Å². The van der Waals surface area contributed by atoms with Crippen molar-refractivity contribution in [1.29, 1.82) is 0 Å². The van der Waals surface area contributed by atoms with Crippen molar-refractivity contribution in [2.24, 2.45) is 0 Å². The number of nitrogens with zero attached hydrogens (tertiary/aromatic N) is 1. The molecule has 0 unspecified atom stereocenters. The van der Waals surface area contributed by atoms with Crippen LogP contribution in [-0.2, 0) is 6.42 Å². The molecule has 5 nitrogen and oxygen atoms in total. The monoisotopic (exact) mass is 246 g/mol. The van der Waals surface area contributed by atoms with Gasteiger partial charge in [0.2, 0.25) is 5.88 Å². The zero-order valence-electron chi connectivity index (χ0n) is 10.2. The summed E-state index contributed by atoms with van der Waals surface area (Å²) in [5.41, 5.74) is 0.592. The lowest BCUT2D eigenvalue weighted by Gasteiger charge is -2.30. The smallest absolute Gasteiger partial charge is 0.337 e. The highest BCUT2D eigenvalue weighted by Crippen LogP contribution is 2.28. The molecule has 94 valence electrons. The maximum absolute atomic E-state index is 12.0. The molecule has 5 heteroatoms. The van der Waals surface area contributed by atoms with E-state index in [2.05, 4.69) is 18.5 Å². The van der Waals surface area contributed by atoms with E-state index in [1.54, 1.807) is 11.0 Å². The Morgan fingerprint density at radius 3 is 2.83 bits per heavy atom. The van der Waals surface area contributed by atoms with E-state index in [1.165, 1.54) is 6.07 Å². The number of fused-ring (bicyclic) bond motifs is 1. The molecule has 1 aliphatic rings. The summed E-state index contributed by atoms with van der Waals surface area (Å²) in [5, 5.41) is 2.65. The summed E-state index contributed by atoms with van der Waals surface area (Å²) in [6, 6.07) is 1.35. The van der Waals surface area contributed by atoms with E-state index < -0.39 is 5.63 Å². The molecule has 0 fully saturated rings. The van der Waals surface area contributed by atoms with Crippen molar-refractivity contribution < 1.29 is 9.21 Å². The highest BCUT2D eigenvalue weighted by Gasteiger charge is 2.30. The fraction of sp³-hybridized carbons (Fsp3) is 0.231. The molecule has 1 aliphatic heterocycles. The van der Waals surface area contributed by atoms with Crippen LogP contribution >= 0.6 is 0 Å². The predicted molar refractivity (Wildman–Crippen MR) is 68.5 cm³/mol. The summed E-state index contributed by atoms with van der Waals surface area (Å²) in [5.74, 6) is 0.327. The molecule has 1 amide bonds. The zero-order valence-corrected chi connectivity index (χ0v) is 10.2. The van der Waals surface area contributed by atoms with Crippen LogP contribution in [0, 0.1) is 0 Å². The largest absolute Gasteiger partial charge is 0.405 e. The van der Waals surface area contributed by atoms with E-state index in [0.717, 1.165) is 0 Å². The van der Waals surface area contributed by atoms with Gasteiger partial charge in [-0.1, -0.05) is 19.6 Å². The van der Waals surface area contributed by atoms with Crippen LogP contribution < -0.4 is 15.8 Å². The number of rotatable bonds is 3. The molecule has 0 bridgehead atoms. The molecule has 1 aromatic rings. The van der Waals surface area contributed by atoms with Crippen molar-refractivity contribution >= 4 is 11.8 Å². The predicted octanol–water partition coefficient (Wildman–Crippen LogP) is 1.41. The zero-order chi connectivity index (χ0) is 13.3. The number of carbonyl (C=O) groups is 1. The first-order valence-electron chi connectivity index (χ1n) is 5.64. The maximum atomic E-state index is 12.0. The van der Waals surface area contributed by atoms with Gasteiger partial charge in [-0.2, -0.15) is 0 Å². The van der Waals surface area contributed by atoms with Crippen molar-refractivity contribution in [2.45, 2.75) is 13.3 Å². The number of anilines is 1. The molecule has 18 heavy (non-hydrogen) atoms. The standard InChI is InChI=1S/C13H14N2O3/c1-4-6-15-8(3)14-12(17)11-9(5-2)7-10(16)18-13(11)15/h4,7H,1,3,5-6H2,2H3,(H,14,17). The highest BCUT2D eigenvalue weighted by atomic mass is 16.4.